The van der Waals surface area contributed by atoms with Crippen molar-refractivity contribution in [3.05, 3.63) is 65.2 Å². The van der Waals surface area contributed by atoms with E-state index >= 15 is 0 Å². The van der Waals surface area contributed by atoms with Gasteiger partial charge in [-0.1, -0.05) is 44.2 Å². The number of carbonyl (C=O) groups excluding carboxylic acids is 1. The number of carbonyl (C=O) groups is 1. The summed E-state index contributed by atoms with van der Waals surface area (Å²) in [4.78, 5) is 14.3. The van der Waals surface area contributed by atoms with Crippen molar-refractivity contribution in [3.63, 3.8) is 0 Å². The number of rotatable bonds is 9. The van der Waals surface area contributed by atoms with Crippen molar-refractivity contribution in [1.82, 2.24) is 10.2 Å². The van der Waals surface area contributed by atoms with Crippen molar-refractivity contribution >= 4 is 11.6 Å². The summed E-state index contributed by atoms with van der Waals surface area (Å²) < 4.78 is 38.1. The normalized spacial score (nSPS) is 11.5. The highest BCUT2D eigenvalue weighted by atomic mass is 19.4. The van der Waals surface area contributed by atoms with E-state index in [0.717, 1.165) is 37.3 Å². The van der Waals surface area contributed by atoms with Crippen LogP contribution in [0.5, 0.6) is 0 Å². The van der Waals surface area contributed by atoms with Crippen molar-refractivity contribution in [2.75, 3.05) is 25.0 Å². The van der Waals surface area contributed by atoms with Crippen molar-refractivity contribution in [2.45, 2.75) is 33.1 Å². The lowest BCUT2D eigenvalue weighted by atomic mass is 10.1. The van der Waals surface area contributed by atoms with E-state index in [9.17, 15) is 18.0 Å². The number of hydrogen-bond acceptors (Lipinski definition) is 3. The van der Waals surface area contributed by atoms with Crippen LogP contribution >= 0.6 is 0 Å². The molecule has 2 rings (SSSR count). The van der Waals surface area contributed by atoms with Crippen molar-refractivity contribution in [2.24, 2.45) is 0 Å². The minimum absolute atomic E-state index is 0.0959. The van der Waals surface area contributed by atoms with E-state index < -0.39 is 11.7 Å². The average Bonchev–Trinajstić information content (AvgIpc) is 2.69. The lowest BCUT2D eigenvalue weighted by Crippen LogP contribution is -2.29. The number of halogens is 3. The SMILES string of the molecule is CCN(CC)Cc1ccc(CNC(=O)CNc2cccc(C(F)(F)F)c2)cc1. The molecule has 0 saturated carbocycles. The number of amides is 1. The molecule has 2 aromatic rings. The zero-order valence-corrected chi connectivity index (χ0v) is 16.1. The van der Waals surface area contributed by atoms with Gasteiger partial charge in [0.25, 0.3) is 0 Å². The molecule has 0 spiro atoms. The molecule has 152 valence electrons. The first-order chi connectivity index (χ1) is 13.3. The fourth-order valence-electron chi connectivity index (χ4n) is 2.72. The molecule has 0 unspecified atom stereocenters. The summed E-state index contributed by atoms with van der Waals surface area (Å²) in [5.74, 6) is -0.287. The van der Waals surface area contributed by atoms with Gasteiger partial charge in [-0.25, -0.2) is 0 Å². The van der Waals surface area contributed by atoms with E-state index in [4.69, 9.17) is 0 Å². The van der Waals surface area contributed by atoms with Gasteiger partial charge in [0, 0.05) is 18.8 Å². The van der Waals surface area contributed by atoms with Crippen LogP contribution in [0, 0.1) is 0 Å². The van der Waals surface area contributed by atoms with Gasteiger partial charge < -0.3 is 10.6 Å². The van der Waals surface area contributed by atoms with E-state index in [2.05, 4.69) is 29.4 Å². The van der Waals surface area contributed by atoms with E-state index in [1.807, 2.05) is 24.3 Å². The highest BCUT2D eigenvalue weighted by molar-refractivity contribution is 5.80. The molecule has 0 bridgehead atoms. The predicted octanol–water partition coefficient (Wildman–Crippen LogP) is 4.28. The van der Waals surface area contributed by atoms with Crippen LogP contribution in [0.2, 0.25) is 0 Å². The van der Waals surface area contributed by atoms with Gasteiger partial charge in [0.1, 0.15) is 0 Å². The molecule has 0 aliphatic heterocycles. The van der Waals surface area contributed by atoms with Gasteiger partial charge in [-0.15, -0.1) is 0 Å². The number of hydrogen-bond donors (Lipinski definition) is 2. The van der Waals surface area contributed by atoms with Crippen LogP contribution < -0.4 is 10.6 Å². The Bertz CT molecular complexity index is 756. The van der Waals surface area contributed by atoms with Gasteiger partial charge in [0.15, 0.2) is 0 Å². The molecule has 28 heavy (non-hydrogen) atoms. The smallest absolute Gasteiger partial charge is 0.376 e. The summed E-state index contributed by atoms with van der Waals surface area (Å²) in [5.41, 5.74) is 1.69. The minimum atomic E-state index is -4.41. The molecule has 0 aliphatic rings. The third-order valence-corrected chi connectivity index (χ3v) is 4.46. The number of alkyl halides is 3. The summed E-state index contributed by atoms with van der Waals surface area (Å²) in [5, 5.41) is 5.48. The van der Waals surface area contributed by atoms with Gasteiger partial charge in [-0.3, -0.25) is 9.69 Å². The predicted molar refractivity (Wildman–Crippen MR) is 105 cm³/mol. The Morgan fingerprint density at radius 3 is 2.25 bits per heavy atom. The minimum Gasteiger partial charge on any atom is -0.376 e. The second kappa shape index (κ2) is 10.1. The van der Waals surface area contributed by atoms with Gasteiger partial charge >= 0.3 is 6.18 Å². The molecule has 1 amide bonds. The Balaban J connectivity index is 1.80. The van der Waals surface area contributed by atoms with Gasteiger partial charge in [0.05, 0.1) is 12.1 Å². The fraction of sp³-hybridized carbons (Fsp3) is 0.381. The molecule has 0 radical (unpaired) electrons. The highest BCUT2D eigenvalue weighted by Gasteiger charge is 2.30. The first kappa shape index (κ1) is 21.8. The third-order valence-electron chi connectivity index (χ3n) is 4.46. The van der Waals surface area contributed by atoms with Gasteiger partial charge in [-0.2, -0.15) is 13.2 Å². The Labute approximate surface area is 163 Å². The van der Waals surface area contributed by atoms with Crippen LogP contribution in [0.3, 0.4) is 0 Å². The Hall–Kier alpha value is -2.54. The topological polar surface area (TPSA) is 44.4 Å². The zero-order valence-electron chi connectivity index (χ0n) is 16.1. The molecule has 7 heteroatoms. The number of nitrogens with one attached hydrogen (secondary N) is 2. The molecule has 0 atom stereocenters. The standard InChI is InChI=1S/C21H26F3N3O/c1-3-27(4-2)15-17-10-8-16(9-11-17)13-26-20(28)14-25-19-7-5-6-18(12-19)21(22,23)24/h5-12,25H,3-4,13-15H2,1-2H3,(H,26,28). The van der Waals surface area contributed by atoms with Crippen molar-refractivity contribution in [1.29, 1.82) is 0 Å². The Morgan fingerprint density at radius 1 is 1.00 bits per heavy atom. The van der Waals surface area contributed by atoms with Crippen LogP contribution in [-0.2, 0) is 24.1 Å². The summed E-state index contributed by atoms with van der Waals surface area (Å²) >= 11 is 0. The largest absolute Gasteiger partial charge is 0.416 e. The molecule has 0 saturated heterocycles. The van der Waals surface area contributed by atoms with Crippen LogP contribution in [0.25, 0.3) is 0 Å². The van der Waals surface area contributed by atoms with Gasteiger partial charge in [-0.05, 0) is 42.4 Å². The molecule has 2 aromatic carbocycles. The molecule has 2 N–H and O–H groups in total. The highest BCUT2D eigenvalue weighted by Crippen LogP contribution is 2.30. The summed E-state index contributed by atoms with van der Waals surface area (Å²) in [6.07, 6.45) is -4.41. The van der Waals surface area contributed by atoms with E-state index in [1.165, 1.54) is 17.7 Å². The average molecular weight is 393 g/mol. The van der Waals surface area contributed by atoms with Crippen molar-refractivity contribution < 1.29 is 18.0 Å². The molecule has 0 heterocycles. The molecular weight excluding hydrogens is 367 g/mol. The molecular formula is C21H26F3N3O. The number of anilines is 1. The maximum absolute atomic E-state index is 12.7. The monoisotopic (exact) mass is 393 g/mol. The summed E-state index contributed by atoms with van der Waals surface area (Å²) in [6.45, 7) is 7.40. The molecule has 0 aromatic heterocycles. The van der Waals surface area contributed by atoms with E-state index in [0.29, 0.717) is 6.54 Å². The molecule has 0 aliphatic carbocycles. The first-order valence-corrected chi connectivity index (χ1v) is 9.29. The van der Waals surface area contributed by atoms with Crippen LogP contribution in [0.15, 0.2) is 48.5 Å². The lowest BCUT2D eigenvalue weighted by molar-refractivity contribution is -0.137. The van der Waals surface area contributed by atoms with E-state index in [1.54, 1.807) is 0 Å². The quantitative estimate of drug-likeness (QED) is 0.669. The Kier molecular flexibility index (Phi) is 7.87. The third kappa shape index (κ3) is 6.88. The zero-order chi connectivity index (χ0) is 20.6. The van der Waals surface area contributed by atoms with Crippen LogP contribution in [0.1, 0.15) is 30.5 Å². The van der Waals surface area contributed by atoms with Crippen LogP contribution in [-0.4, -0.2) is 30.4 Å². The van der Waals surface area contributed by atoms with E-state index in [-0.39, 0.29) is 18.1 Å². The van der Waals surface area contributed by atoms with Gasteiger partial charge in [0.2, 0.25) is 5.91 Å². The molecule has 0 fully saturated rings. The van der Waals surface area contributed by atoms with Crippen molar-refractivity contribution in [3.8, 4) is 0 Å². The fourth-order valence-corrected chi connectivity index (χ4v) is 2.72. The summed E-state index contributed by atoms with van der Waals surface area (Å²) in [6, 6.07) is 12.8. The maximum Gasteiger partial charge on any atom is 0.416 e. The number of benzene rings is 2. The van der Waals surface area contributed by atoms with Crippen LogP contribution in [0.4, 0.5) is 18.9 Å². The maximum atomic E-state index is 12.7. The number of nitrogens with zero attached hydrogens (tertiary/aromatic N) is 1. The Morgan fingerprint density at radius 2 is 1.64 bits per heavy atom. The summed E-state index contributed by atoms with van der Waals surface area (Å²) in [7, 11) is 0. The second-order valence-electron chi connectivity index (χ2n) is 6.49. The second-order valence-corrected chi connectivity index (χ2v) is 6.49. The lowest BCUT2D eigenvalue weighted by Gasteiger charge is -2.18. The first-order valence-electron chi connectivity index (χ1n) is 9.29. The molecule has 4 nitrogen and oxygen atoms in total.